The molecule has 0 unspecified atom stereocenters. The number of benzene rings is 1. The summed E-state index contributed by atoms with van der Waals surface area (Å²) in [6, 6.07) is 8.22. The van der Waals surface area contributed by atoms with E-state index < -0.39 is 0 Å². The van der Waals surface area contributed by atoms with Crippen molar-refractivity contribution in [1.29, 1.82) is 0 Å². The molecule has 0 amide bonds. The number of para-hydroxylation sites is 1. The summed E-state index contributed by atoms with van der Waals surface area (Å²) in [5.41, 5.74) is 0.949. The van der Waals surface area contributed by atoms with Crippen molar-refractivity contribution in [2.45, 2.75) is 4.90 Å². The third kappa shape index (κ3) is 3.25. The molecule has 7 heteroatoms. The van der Waals surface area contributed by atoms with Crippen LogP contribution in [0.3, 0.4) is 0 Å². The van der Waals surface area contributed by atoms with E-state index in [1.165, 1.54) is 7.11 Å². The van der Waals surface area contributed by atoms with Crippen LogP contribution < -0.4 is 15.4 Å². The lowest BCUT2D eigenvalue weighted by Crippen LogP contribution is -2.05. The SMILES string of the molecule is CNc1nc(Nc2ccccc2SC)nc(OC)n1. The number of hydrogen-bond donors (Lipinski definition) is 2. The Morgan fingerprint density at radius 1 is 1.11 bits per heavy atom. The fourth-order valence-electron chi connectivity index (χ4n) is 1.48. The molecule has 0 atom stereocenters. The number of thioether (sulfide) groups is 1. The van der Waals surface area contributed by atoms with Crippen molar-refractivity contribution in [3.63, 3.8) is 0 Å². The number of anilines is 3. The molecule has 0 saturated carbocycles. The van der Waals surface area contributed by atoms with Gasteiger partial charge in [0.1, 0.15) is 0 Å². The fraction of sp³-hybridized carbons (Fsp3) is 0.250. The third-order valence-electron chi connectivity index (χ3n) is 2.37. The van der Waals surface area contributed by atoms with Gasteiger partial charge in [0.05, 0.1) is 12.8 Å². The van der Waals surface area contributed by atoms with Crippen LogP contribution in [0.1, 0.15) is 0 Å². The molecular weight excluding hydrogens is 262 g/mol. The Kier molecular flexibility index (Phi) is 4.40. The van der Waals surface area contributed by atoms with Crippen molar-refractivity contribution in [3.05, 3.63) is 24.3 Å². The molecule has 2 aromatic rings. The fourth-order valence-corrected chi connectivity index (χ4v) is 2.04. The van der Waals surface area contributed by atoms with E-state index in [9.17, 15) is 0 Å². The summed E-state index contributed by atoms with van der Waals surface area (Å²) in [5, 5.41) is 6.04. The van der Waals surface area contributed by atoms with Crippen LogP contribution in [0.15, 0.2) is 29.2 Å². The van der Waals surface area contributed by atoms with Gasteiger partial charge in [-0.25, -0.2) is 0 Å². The number of aromatic nitrogens is 3. The van der Waals surface area contributed by atoms with E-state index in [-0.39, 0.29) is 6.01 Å². The van der Waals surface area contributed by atoms with Crippen molar-refractivity contribution in [1.82, 2.24) is 15.0 Å². The maximum absolute atomic E-state index is 5.04. The Morgan fingerprint density at radius 2 is 1.84 bits per heavy atom. The predicted octanol–water partition coefficient (Wildman–Crippen LogP) is 2.39. The van der Waals surface area contributed by atoms with Crippen LogP contribution in [-0.2, 0) is 0 Å². The Labute approximate surface area is 116 Å². The van der Waals surface area contributed by atoms with Gasteiger partial charge >= 0.3 is 6.01 Å². The van der Waals surface area contributed by atoms with E-state index >= 15 is 0 Å². The van der Waals surface area contributed by atoms with E-state index in [1.807, 2.05) is 30.5 Å². The van der Waals surface area contributed by atoms with Crippen molar-refractivity contribution in [2.24, 2.45) is 0 Å². The number of hydrogen-bond acceptors (Lipinski definition) is 7. The van der Waals surface area contributed by atoms with Crippen molar-refractivity contribution >= 4 is 29.3 Å². The molecule has 2 N–H and O–H groups in total. The molecule has 0 spiro atoms. The molecule has 0 bridgehead atoms. The highest BCUT2D eigenvalue weighted by Gasteiger charge is 2.07. The molecule has 1 heterocycles. The molecule has 0 radical (unpaired) electrons. The zero-order valence-electron chi connectivity index (χ0n) is 11.0. The second-order valence-corrected chi connectivity index (χ2v) is 4.39. The number of methoxy groups -OCH3 is 1. The minimum atomic E-state index is 0.267. The highest BCUT2D eigenvalue weighted by atomic mass is 32.2. The molecular formula is C12H15N5OS. The zero-order valence-corrected chi connectivity index (χ0v) is 11.8. The maximum Gasteiger partial charge on any atom is 0.322 e. The van der Waals surface area contributed by atoms with E-state index in [0.29, 0.717) is 11.9 Å². The molecule has 0 saturated heterocycles. The first kappa shape index (κ1) is 13.4. The first-order valence-corrected chi connectivity index (χ1v) is 6.87. The van der Waals surface area contributed by atoms with Crippen molar-refractivity contribution < 1.29 is 4.74 Å². The summed E-state index contributed by atoms with van der Waals surface area (Å²) in [6.07, 6.45) is 2.02. The van der Waals surface area contributed by atoms with Crippen LogP contribution in [0.5, 0.6) is 6.01 Å². The van der Waals surface area contributed by atoms with Crippen LogP contribution in [0.4, 0.5) is 17.6 Å². The van der Waals surface area contributed by atoms with Gasteiger partial charge in [-0.15, -0.1) is 11.8 Å². The van der Waals surface area contributed by atoms with Gasteiger partial charge in [-0.3, -0.25) is 0 Å². The molecule has 0 fully saturated rings. The molecule has 0 aliphatic rings. The molecule has 6 nitrogen and oxygen atoms in total. The minimum absolute atomic E-state index is 0.267. The molecule has 19 heavy (non-hydrogen) atoms. The van der Waals surface area contributed by atoms with E-state index in [1.54, 1.807) is 18.8 Å². The van der Waals surface area contributed by atoms with Crippen LogP contribution >= 0.6 is 11.8 Å². The number of nitrogens with one attached hydrogen (secondary N) is 2. The lowest BCUT2D eigenvalue weighted by Gasteiger charge is -2.10. The van der Waals surface area contributed by atoms with Crippen LogP contribution in [0.2, 0.25) is 0 Å². The first-order valence-electron chi connectivity index (χ1n) is 5.64. The van der Waals surface area contributed by atoms with Gasteiger partial charge in [0.25, 0.3) is 0 Å². The van der Waals surface area contributed by atoms with Crippen molar-refractivity contribution in [2.75, 3.05) is 31.0 Å². The summed E-state index contributed by atoms with van der Waals surface area (Å²) >= 11 is 1.65. The summed E-state index contributed by atoms with van der Waals surface area (Å²) in [4.78, 5) is 13.6. The molecule has 1 aromatic heterocycles. The average Bonchev–Trinajstić information content (AvgIpc) is 2.47. The Bertz CT molecular complexity index is 541. The smallest absolute Gasteiger partial charge is 0.322 e. The quantitative estimate of drug-likeness (QED) is 0.813. The minimum Gasteiger partial charge on any atom is -0.467 e. The van der Waals surface area contributed by atoms with Crippen LogP contribution in [0.25, 0.3) is 0 Å². The van der Waals surface area contributed by atoms with Crippen LogP contribution in [-0.4, -0.2) is 35.4 Å². The first-order chi connectivity index (χ1) is 9.26. The van der Waals surface area contributed by atoms with Crippen LogP contribution in [0, 0.1) is 0 Å². The summed E-state index contributed by atoms with van der Waals surface area (Å²) in [6.45, 7) is 0. The van der Waals surface area contributed by atoms with Gasteiger partial charge in [-0.05, 0) is 18.4 Å². The summed E-state index contributed by atoms with van der Waals surface area (Å²) < 4.78 is 5.04. The second-order valence-electron chi connectivity index (χ2n) is 3.54. The molecule has 0 aliphatic carbocycles. The molecule has 0 aliphatic heterocycles. The third-order valence-corrected chi connectivity index (χ3v) is 3.17. The van der Waals surface area contributed by atoms with Gasteiger partial charge in [0.2, 0.25) is 11.9 Å². The summed E-state index contributed by atoms with van der Waals surface area (Å²) in [5.74, 6) is 0.897. The van der Waals surface area contributed by atoms with Gasteiger partial charge < -0.3 is 15.4 Å². The standard InChI is InChI=1S/C12H15N5OS/c1-13-10-15-11(17-12(16-10)18-2)14-8-6-4-5-7-9(8)19-3/h4-7H,1-3H3,(H2,13,14,15,16,17). The molecule has 1 aromatic carbocycles. The van der Waals surface area contributed by atoms with Gasteiger partial charge in [0, 0.05) is 11.9 Å². The Morgan fingerprint density at radius 3 is 2.53 bits per heavy atom. The maximum atomic E-state index is 5.04. The van der Waals surface area contributed by atoms with Gasteiger partial charge in [-0.1, -0.05) is 12.1 Å². The molecule has 2 rings (SSSR count). The number of rotatable bonds is 5. The lowest BCUT2D eigenvalue weighted by atomic mass is 10.3. The highest BCUT2D eigenvalue weighted by molar-refractivity contribution is 7.98. The normalized spacial score (nSPS) is 10.1. The monoisotopic (exact) mass is 277 g/mol. The Balaban J connectivity index is 2.32. The van der Waals surface area contributed by atoms with Crippen molar-refractivity contribution in [3.8, 4) is 6.01 Å². The average molecular weight is 277 g/mol. The topological polar surface area (TPSA) is 72.0 Å². The number of nitrogens with zero attached hydrogens (tertiary/aromatic N) is 3. The van der Waals surface area contributed by atoms with Gasteiger partial charge in [0.15, 0.2) is 0 Å². The number of ether oxygens (including phenoxy) is 1. The zero-order chi connectivity index (χ0) is 13.7. The van der Waals surface area contributed by atoms with E-state index in [0.717, 1.165) is 10.6 Å². The molecule has 100 valence electrons. The van der Waals surface area contributed by atoms with E-state index in [4.69, 9.17) is 4.74 Å². The Hall–Kier alpha value is -2.02. The van der Waals surface area contributed by atoms with Gasteiger partial charge in [-0.2, -0.15) is 15.0 Å². The summed E-state index contributed by atoms with van der Waals surface area (Å²) in [7, 11) is 3.27. The highest BCUT2D eigenvalue weighted by Crippen LogP contribution is 2.27. The van der Waals surface area contributed by atoms with E-state index in [2.05, 4.69) is 25.6 Å². The predicted molar refractivity (Wildman–Crippen MR) is 77.4 cm³/mol. The second kappa shape index (κ2) is 6.24. The largest absolute Gasteiger partial charge is 0.467 e. The lowest BCUT2D eigenvalue weighted by molar-refractivity contribution is 0.379.